The Kier molecular flexibility index (Phi) is 7.01. The summed E-state index contributed by atoms with van der Waals surface area (Å²) in [5.41, 5.74) is 2.92. The maximum absolute atomic E-state index is 12.0. The monoisotopic (exact) mass is 340 g/mol. The van der Waals surface area contributed by atoms with Crippen molar-refractivity contribution in [1.82, 2.24) is 5.32 Å². The molecule has 5 heteroatoms. The average Bonchev–Trinajstić information content (AvgIpc) is 2.65. The van der Waals surface area contributed by atoms with Crippen molar-refractivity contribution in [3.05, 3.63) is 59.7 Å². The largest absolute Gasteiger partial charge is 0.497 e. The minimum Gasteiger partial charge on any atom is -0.497 e. The Hall–Kier alpha value is -2.82. The molecule has 25 heavy (non-hydrogen) atoms. The van der Waals surface area contributed by atoms with Crippen LogP contribution in [0.3, 0.4) is 0 Å². The van der Waals surface area contributed by atoms with Crippen LogP contribution in [0.15, 0.2) is 48.5 Å². The Morgan fingerprint density at radius 3 is 2.40 bits per heavy atom. The van der Waals surface area contributed by atoms with E-state index in [1.165, 1.54) is 0 Å². The highest BCUT2D eigenvalue weighted by Gasteiger charge is 2.08. The third-order valence-corrected chi connectivity index (χ3v) is 3.92. The first-order chi connectivity index (χ1) is 12.1. The summed E-state index contributed by atoms with van der Waals surface area (Å²) in [4.78, 5) is 23.9. The molecule has 0 aliphatic rings. The number of anilines is 1. The van der Waals surface area contributed by atoms with E-state index in [0.717, 1.165) is 29.0 Å². The third kappa shape index (κ3) is 5.95. The van der Waals surface area contributed by atoms with Gasteiger partial charge < -0.3 is 15.4 Å². The SMILES string of the molecule is CCc1ccccc1NC(=O)CNC(=O)CCc1ccc(OC)cc1. The number of benzene rings is 2. The molecule has 0 bridgehead atoms. The van der Waals surface area contributed by atoms with E-state index in [2.05, 4.69) is 10.6 Å². The summed E-state index contributed by atoms with van der Waals surface area (Å²) < 4.78 is 5.10. The number of para-hydroxylation sites is 1. The topological polar surface area (TPSA) is 67.4 Å². The van der Waals surface area contributed by atoms with Crippen LogP contribution in [0.5, 0.6) is 5.75 Å². The van der Waals surface area contributed by atoms with Crippen molar-refractivity contribution in [2.75, 3.05) is 19.0 Å². The Labute approximate surface area is 148 Å². The molecule has 132 valence electrons. The van der Waals surface area contributed by atoms with Crippen LogP contribution in [0.1, 0.15) is 24.5 Å². The molecule has 2 amide bonds. The molecule has 0 unspecified atom stereocenters. The van der Waals surface area contributed by atoms with Crippen LogP contribution in [0.25, 0.3) is 0 Å². The summed E-state index contributed by atoms with van der Waals surface area (Å²) in [5.74, 6) is 0.422. The zero-order valence-electron chi connectivity index (χ0n) is 14.7. The van der Waals surface area contributed by atoms with Gasteiger partial charge in [-0.25, -0.2) is 0 Å². The lowest BCUT2D eigenvalue weighted by molar-refractivity contribution is -0.124. The lowest BCUT2D eigenvalue weighted by Gasteiger charge is -2.10. The number of carbonyl (C=O) groups is 2. The molecule has 0 fully saturated rings. The fraction of sp³-hybridized carbons (Fsp3) is 0.300. The second-order valence-corrected chi connectivity index (χ2v) is 5.68. The smallest absolute Gasteiger partial charge is 0.243 e. The van der Waals surface area contributed by atoms with Crippen molar-refractivity contribution in [3.63, 3.8) is 0 Å². The minimum atomic E-state index is -0.223. The molecule has 0 aliphatic heterocycles. The maximum Gasteiger partial charge on any atom is 0.243 e. The summed E-state index contributed by atoms with van der Waals surface area (Å²) in [7, 11) is 1.62. The maximum atomic E-state index is 12.0. The highest BCUT2D eigenvalue weighted by Crippen LogP contribution is 2.15. The van der Waals surface area contributed by atoms with E-state index in [0.29, 0.717) is 12.8 Å². The second-order valence-electron chi connectivity index (χ2n) is 5.68. The second kappa shape index (κ2) is 9.47. The number of nitrogens with one attached hydrogen (secondary N) is 2. The zero-order valence-corrected chi connectivity index (χ0v) is 14.7. The Balaban J connectivity index is 1.74. The fourth-order valence-electron chi connectivity index (χ4n) is 2.46. The molecule has 0 radical (unpaired) electrons. The van der Waals surface area contributed by atoms with Crippen molar-refractivity contribution in [1.29, 1.82) is 0 Å². The normalized spacial score (nSPS) is 10.2. The van der Waals surface area contributed by atoms with Gasteiger partial charge in [-0.2, -0.15) is 0 Å². The van der Waals surface area contributed by atoms with Gasteiger partial charge in [0, 0.05) is 12.1 Å². The zero-order chi connectivity index (χ0) is 18.1. The highest BCUT2D eigenvalue weighted by molar-refractivity contribution is 5.95. The van der Waals surface area contributed by atoms with E-state index in [4.69, 9.17) is 4.74 Å². The molecule has 0 saturated heterocycles. The number of aryl methyl sites for hydroxylation is 2. The van der Waals surface area contributed by atoms with Crippen LogP contribution in [-0.4, -0.2) is 25.5 Å². The number of methoxy groups -OCH3 is 1. The molecule has 2 N–H and O–H groups in total. The number of ether oxygens (including phenoxy) is 1. The van der Waals surface area contributed by atoms with Crippen LogP contribution in [0, 0.1) is 0 Å². The van der Waals surface area contributed by atoms with E-state index in [1.807, 2.05) is 55.5 Å². The summed E-state index contributed by atoms with van der Waals surface area (Å²) in [6, 6.07) is 15.3. The van der Waals surface area contributed by atoms with Gasteiger partial charge in [0.15, 0.2) is 0 Å². The van der Waals surface area contributed by atoms with Crippen LogP contribution in [0.2, 0.25) is 0 Å². The molecule has 0 heterocycles. The van der Waals surface area contributed by atoms with E-state index < -0.39 is 0 Å². The van der Waals surface area contributed by atoms with Gasteiger partial charge in [0.05, 0.1) is 13.7 Å². The van der Waals surface area contributed by atoms with Crippen molar-refractivity contribution in [2.45, 2.75) is 26.2 Å². The molecule has 0 aliphatic carbocycles. The van der Waals surface area contributed by atoms with Crippen LogP contribution < -0.4 is 15.4 Å². The molecule has 0 spiro atoms. The predicted octanol–water partition coefficient (Wildman–Crippen LogP) is 2.95. The highest BCUT2D eigenvalue weighted by atomic mass is 16.5. The van der Waals surface area contributed by atoms with Crippen molar-refractivity contribution < 1.29 is 14.3 Å². The van der Waals surface area contributed by atoms with Gasteiger partial charge in [-0.05, 0) is 42.2 Å². The van der Waals surface area contributed by atoms with Gasteiger partial charge in [-0.15, -0.1) is 0 Å². The molecule has 2 aromatic rings. The standard InChI is InChI=1S/C20H24N2O3/c1-3-16-6-4-5-7-18(16)22-20(24)14-21-19(23)13-10-15-8-11-17(25-2)12-9-15/h4-9,11-12H,3,10,13-14H2,1-2H3,(H,21,23)(H,22,24). The minimum absolute atomic E-state index is 0.0283. The number of hydrogen-bond donors (Lipinski definition) is 2. The van der Waals surface area contributed by atoms with E-state index in [9.17, 15) is 9.59 Å². The molecular weight excluding hydrogens is 316 g/mol. The quantitative estimate of drug-likeness (QED) is 0.776. The van der Waals surface area contributed by atoms with Crippen LogP contribution in [-0.2, 0) is 22.4 Å². The summed E-state index contributed by atoms with van der Waals surface area (Å²) >= 11 is 0. The lowest BCUT2D eigenvalue weighted by atomic mass is 10.1. The number of hydrogen-bond acceptors (Lipinski definition) is 3. The van der Waals surface area contributed by atoms with E-state index in [1.54, 1.807) is 7.11 Å². The van der Waals surface area contributed by atoms with Gasteiger partial charge in [0.25, 0.3) is 0 Å². The Bertz CT molecular complexity index is 711. The van der Waals surface area contributed by atoms with Crippen LogP contribution in [0.4, 0.5) is 5.69 Å². The van der Waals surface area contributed by atoms with Gasteiger partial charge in [0.2, 0.25) is 11.8 Å². The first-order valence-electron chi connectivity index (χ1n) is 8.39. The summed E-state index contributed by atoms with van der Waals surface area (Å²) in [5, 5.41) is 5.49. The number of rotatable bonds is 8. The lowest BCUT2D eigenvalue weighted by Crippen LogP contribution is -2.33. The fourth-order valence-corrected chi connectivity index (χ4v) is 2.46. The Morgan fingerprint density at radius 1 is 1.00 bits per heavy atom. The Morgan fingerprint density at radius 2 is 1.72 bits per heavy atom. The van der Waals surface area contributed by atoms with Gasteiger partial charge in [0.1, 0.15) is 5.75 Å². The third-order valence-electron chi connectivity index (χ3n) is 3.92. The van der Waals surface area contributed by atoms with Crippen molar-refractivity contribution >= 4 is 17.5 Å². The van der Waals surface area contributed by atoms with Gasteiger partial charge in [-0.3, -0.25) is 9.59 Å². The van der Waals surface area contributed by atoms with E-state index >= 15 is 0 Å². The van der Waals surface area contributed by atoms with Crippen molar-refractivity contribution in [3.8, 4) is 5.75 Å². The first kappa shape index (κ1) is 18.5. The first-order valence-corrected chi connectivity index (χ1v) is 8.39. The van der Waals surface area contributed by atoms with Gasteiger partial charge >= 0.3 is 0 Å². The molecule has 0 atom stereocenters. The average molecular weight is 340 g/mol. The summed E-state index contributed by atoms with van der Waals surface area (Å²) in [6.45, 7) is 2.01. The predicted molar refractivity (Wildman–Crippen MR) is 98.8 cm³/mol. The molecule has 2 rings (SSSR count). The van der Waals surface area contributed by atoms with Gasteiger partial charge in [-0.1, -0.05) is 37.3 Å². The summed E-state index contributed by atoms with van der Waals surface area (Å²) in [6.07, 6.45) is 1.80. The van der Waals surface area contributed by atoms with E-state index in [-0.39, 0.29) is 18.4 Å². The van der Waals surface area contributed by atoms with Crippen LogP contribution >= 0.6 is 0 Å². The molecule has 5 nitrogen and oxygen atoms in total. The molecule has 0 aromatic heterocycles. The number of amides is 2. The van der Waals surface area contributed by atoms with Crippen molar-refractivity contribution in [2.24, 2.45) is 0 Å². The number of carbonyl (C=O) groups excluding carboxylic acids is 2. The molecular formula is C20H24N2O3. The molecule has 2 aromatic carbocycles. The molecule has 0 saturated carbocycles.